The summed E-state index contributed by atoms with van der Waals surface area (Å²) in [4.78, 5) is 24.8. The highest BCUT2D eigenvalue weighted by Crippen LogP contribution is 2.23. The van der Waals surface area contributed by atoms with Gasteiger partial charge >= 0.3 is 12.2 Å². The van der Waals surface area contributed by atoms with Crippen LogP contribution < -0.4 is 25.4 Å². The lowest BCUT2D eigenvalue weighted by molar-refractivity contribution is -0.154. The molecule has 1 amide bonds. The first-order valence-electron chi connectivity index (χ1n) is 13.1. The Hall–Kier alpha value is -3.61. The number of aromatic nitrogens is 3. The van der Waals surface area contributed by atoms with E-state index in [-0.39, 0.29) is 23.0 Å². The number of hydrogen-bond acceptors (Lipinski definition) is 8. The van der Waals surface area contributed by atoms with Crippen LogP contribution >= 0.6 is 15.9 Å². The van der Waals surface area contributed by atoms with Crippen molar-refractivity contribution in [2.75, 3.05) is 35.7 Å². The topological polar surface area (TPSA) is 110 Å². The van der Waals surface area contributed by atoms with Crippen LogP contribution in [0.3, 0.4) is 0 Å². The summed E-state index contributed by atoms with van der Waals surface area (Å²) in [6.07, 6.45) is -1.34. The smallest absolute Gasteiger partial charge is 0.422 e. The first kappa shape index (κ1) is 31.9. The molecule has 1 aromatic carbocycles. The fraction of sp³-hybridized carbons (Fsp3) is 0.429. The minimum Gasteiger partial charge on any atom is -0.494 e. The van der Waals surface area contributed by atoms with Gasteiger partial charge in [0.1, 0.15) is 23.2 Å². The van der Waals surface area contributed by atoms with Gasteiger partial charge in [-0.25, -0.2) is 4.98 Å². The summed E-state index contributed by atoms with van der Waals surface area (Å²) in [5.74, 6) is 1.22. The molecule has 41 heavy (non-hydrogen) atoms. The third-order valence-corrected chi connectivity index (χ3v) is 6.54. The van der Waals surface area contributed by atoms with Crippen molar-refractivity contribution in [1.82, 2.24) is 20.3 Å². The number of amides is 1. The normalized spacial score (nSPS) is 11.6. The lowest BCUT2D eigenvalue weighted by atomic mass is 9.90. The molecule has 0 fully saturated rings. The van der Waals surface area contributed by atoms with E-state index in [4.69, 9.17) is 9.47 Å². The molecule has 13 heteroatoms. The van der Waals surface area contributed by atoms with Crippen LogP contribution in [0.15, 0.2) is 48.7 Å². The fourth-order valence-electron chi connectivity index (χ4n) is 3.21. The highest BCUT2D eigenvalue weighted by atomic mass is 79.9. The second-order valence-electron chi connectivity index (χ2n) is 9.97. The van der Waals surface area contributed by atoms with Crippen LogP contribution in [0.4, 0.5) is 30.6 Å². The number of carbonyl (C=O) groups is 1. The lowest BCUT2D eigenvalue weighted by Gasteiger charge is -2.22. The van der Waals surface area contributed by atoms with Crippen molar-refractivity contribution in [3.05, 3.63) is 59.8 Å². The minimum absolute atomic E-state index is 0.0279. The van der Waals surface area contributed by atoms with Gasteiger partial charge < -0.3 is 25.4 Å². The number of benzene rings is 1. The van der Waals surface area contributed by atoms with Crippen molar-refractivity contribution >= 4 is 39.3 Å². The Morgan fingerprint density at radius 1 is 1.00 bits per heavy atom. The van der Waals surface area contributed by atoms with Gasteiger partial charge in [0.05, 0.1) is 12.2 Å². The Balaban J connectivity index is 1.69. The van der Waals surface area contributed by atoms with E-state index in [1.165, 1.54) is 12.3 Å². The van der Waals surface area contributed by atoms with Gasteiger partial charge in [-0.1, -0.05) is 48.8 Å². The molecule has 3 N–H and O–H groups in total. The van der Waals surface area contributed by atoms with Crippen molar-refractivity contribution in [1.29, 1.82) is 0 Å². The summed E-state index contributed by atoms with van der Waals surface area (Å²) in [6.45, 7) is 6.11. The molecular weight excluding hydrogens is 605 g/mol. The van der Waals surface area contributed by atoms with Gasteiger partial charge in [0.15, 0.2) is 6.61 Å². The molecule has 0 radical (unpaired) electrons. The number of hydrogen-bond donors (Lipinski definition) is 3. The van der Waals surface area contributed by atoms with Gasteiger partial charge in [0, 0.05) is 30.7 Å². The third-order valence-electron chi connectivity index (χ3n) is 5.98. The maximum absolute atomic E-state index is 12.8. The molecule has 0 bridgehead atoms. The molecule has 222 valence electrons. The number of ether oxygens (including phenoxy) is 2. The number of nitrogens with one attached hydrogen (secondary N) is 3. The molecule has 3 rings (SSSR count). The highest BCUT2D eigenvalue weighted by Gasteiger charge is 2.29. The van der Waals surface area contributed by atoms with Gasteiger partial charge in [0.2, 0.25) is 0 Å². The molecule has 0 aliphatic rings. The Kier molecular flexibility index (Phi) is 11.6. The molecule has 0 saturated heterocycles. The molecule has 0 unspecified atom stereocenters. The Bertz CT molecular complexity index is 1260. The second-order valence-corrected chi connectivity index (χ2v) is 10.8. The van der Waals surface area contributed by atoms with E-state index in [0.29, 0.717) is 31.1 Å². The SMILES string of the molecule is CCC(C)(C)CNC(=O)c1ccc(Nc2cc(NCc3ccc(OCCCBr)cc3)nc(OCC(F)(F)F)n2)nc1. The summed E-state index contributed by atoms with van der Waals surface area (Å²) < 4.78 is 48.7. The van der Waals surface area contributed by atoms with E-state index in [9.17, 15) is 18.0 Å². The molecular formula is C28H34BrF3N6O3. The summed E-state index contributed by atoms with van der Waals surface area (Å²) in [6, 6.07) is 11.7. The number of carbonyl (C=O) groups excluding carboxylic acids is 1. The molecule has 0 atom stereocenters. The first-order chi connectivity index (χ1) is 19.5. The van der Waals surface area contributed by atoms with Gasteiger partial charge in [-0.2, -0.15) is 23.1 Å². The van der Waals surface area contributed by atoms with Crippen molar-refractivity contribution < 1.29 is 27.4 Å². The zero-order valence-corrected chi connectivity index (χ0v) is 24.7. The van der Waals surface area contributed by atoms with E-state index >= 15 is 0 Å². The predicted molar refractivity (Wildman–Crippen MR) is 155 cm³/mol. The van der Waals surface area contributed by atoms with Crippen LogP contribution in [0.1, 0.15) is 49.5 Å². The Morgan fingerprint density at radius 3 is 2.37 bits per heavy atom. The van der Waals surface area contributed by atoms with E-state index in [1.54, 1.807) is 12.1 Å². The summed E-state index contributed by atoms with van der Waals surface area (Å²) in [5, 5.41) is 9.76. The molecule has 3 aromatic rings. The van der Waals surface area contributed by atoms with Gasteiger partial charge in [-0.15, -0.1) is 0 Å². The predicted octanol–water partition coefficient (Wildman–Crippen LogP) is 6.50. The van der Waals surface area contributed by atoms with Crippen LogP contribution in [0.2, 0.25) is 0 Å². The molecule has 9 nitrogen and oxygen atoms in total. The quantitative estimate of drug-likeness (QED) is 0.128. The summed E-state index contributed by atoms with van der Waals surface area (Å²) in [5.41, 5.74) is 1.25. The van der Waals surface area contributed by atoms with Crippen molar-refractivity contribution in [3.8, 4) is 11.8 Å². The highest BCUT2D eigenvalue weighted by molar-refractivity contribution is 9.09. The molecule has 2 heterocycles. The largest absolute Gasteiger partial charge is 0.494 e. The van der Waals surface area contributed by atoms with E-state index in [1.807, 2.05) is 24.3 Å². The molecule has 2 aromatic heterocycles. The summed E-state index contributed by atoms with van der Waals surface area (Å²) in [7, 11) is 0. The van der Waals surface area contributed by atoms with Gasteiger partial charge in [-0.3, -0.25) is 4.79 Å². The average Bonchev–Trinajstić information content (AvgIpc) is 2.94. The molecule has 0 aliphatic carbocycles. The van der Waals surface area contributed by atoms with E-state index in [0.717, 1.165) is 29.5 Å². The van der Waals surface area contributed by atoms with Gasteiger partial charge in [-0.05, 0) is 48.1 Å². The monoisotopic (exact) mass is 638 g/mol. The number of halogens is 4. The fourth-order valence-corrected chi connectivity index (χ4v) is 3.44. The van der Waals surface area contributed by atoms with Crippen molar-refractivity contribution in [3.63, 3.8) is 0 Å². The van der Waals surface area contributed by atoms with E-state index < -0.39 is 18.8 Å². The number of nitrogens with zero attached hydrogens (tertiary/aromatic N) is 3. The van der Waals surface area contributed by atoms with Crippen LogP contribution in [0.5, 0.6) is 11.8 Å². The number of rotatable bonds is 15. The standard InChI is InChI=1S/C28H34BrF3N6O3/c1-4-27(2,3)17-35-25(39)20-8-11-22(34-16-20)36-24-14-23(37-26(38-24)41-18-28(30,31)32)33-15-19-6-9-21(10-7-19)40-13-5-12-29/h6-11,14,16H,4-5,12-13,15,17-18H2,1-3H3,(H,35,39)(H2,33,34,36,37,38). The third kappa shape index (κ3) is 11.4. The maximum atomic E-state index is 12.8. The number of anilines is 3. The maximum Gasteiger partial charge on any atom is 0.422 e. The van der Waals surface area contributed by atoms with Crippen molar-refractivity contribution in [2.45, 2.75) is 46.3 Å². The molecule has 0 aliphatic heterocycles. The van der Waals surface area contributed by atoms with Crippen LogP contribution in [0, 0.1) is 5.41 Å². The molecule has 0 saturated carbocycles. The second kappa shape index (κ2) is 14.9. The zero-order valence-electron chi connectivity index (χ0n) is 23.1. The minimum atomic E-state index is -4.55. The van der Waals surface area contributed by atoms with Gasteiger partial charge in [0.25, 0.3) is 5.91 Å². The van der Waals surface area contributed by atoms with Crippen molar-refractivity contribution in [2.24, 2.45) is 5.41 Å². The Morgan fingerprint density at radius 2 is 1.73 bits per heavy atom. The lowest BCUT2D eigenvalue weighted by Crippen LogP contribution is -2.33. The van der Waals surface area contributed by atoms with Crippen LogP contribution in [-0.2, 0) is 6.54 Å². The van der Waals surface area contributed by atoms with Crippen LogP contribution in [0.25, 0.3) is 0 Å². The Labute approximate surface area is 245 Å². The zero-order chi connectivity index (χ0) is 29.9. The molecule has 0 spiro atoms. The average molecular weight is 640 g/mol. The van der Waals surface area contributed by atoms with Crippen LogP contribution in [-0.4, -0.2) is 52.1 Å². The number of pyridine rings is 1. The summed E-state index contributed by atoms with van der Waals surface area (Å²) >= 11 is 3.36. The van der Waals surface area contributed by atoms with E-state index in [2.05, 4.69) is 67.6 Å². The number of alkyl halides is 4. The first-order valence-corrected chi connectivity index (χ1v) is 14.2.